The van der Waals surface area contributed by atoms with Gasteiger partial charge in [-0.2, -0.15) is 0 Å². The molecular weight excluding hydrogens is 352 g/mol. The number of hydrogen-bond donors (Lipinski definition) is 3. The molecule has 0 saturated carbocycles. The van der Waals surface area contributed by atoms with Crippen molar-refractivity contribution in [1.29, 1.82) is 0 Å². The second-order valence-corrected chi connectivity index (χ2v) is 6.77. The highest BCUT2D eigenvalue weighted by molar-refractivity contribution is 7.99. The van der Waals surface area contributed by atoms with E-state index in [1.165, 1.54) is 18.9 Å². The van der Waals surface area contributed by atoms with Crippen LogP contribution >= 0.6 is 23.4 Å². The van der Waals surface area contributed by atoms with E-state index in [1.54, 1.807) is 13.2 Å². The van der Waals surface area contributed by atoms with Gasteiger partial charge in [0.25, 0.3) is 0 Å². The lowest BCUT2D eigenvalue weighted by Gasteiger charge is -2.36. The average molecular weight is 375 g/mol. The van der Waals surface area contributed by atoms with E-state index in [-0.39, 0.29) is 16.9 Å². The third-order valence-electron chi connectivity index (χ3n) is 3.69. The first-order valence-electron chi connectivity index (χ1n) is 7.66. The summed E-state index contributed by atoms with van der Waals surface area (Å²) in [5, 5.41) is 14.0. The van der Waals surface area contributed by atoms with Gasteiger partial charge < -0.3 is 25.6 Å². The molecule has 0 fully saturated rings. The highest BCUT2D eigenvalue weighted by atomic mass is 35.5. The van der Waals surface area contributed by atoms with Gasteiger partial charge in [0.05, 0.1) is 6.04 Å². The second-order valence-electron chi connectivity index (χ2n) is 5.35. The normalized spacial score (nSPS) is 26.5. The Morgan fingerprint density at radius 1 is 1.29 bits per heavy atom. The first kappa shape index (κ1) is 19.3. The largest absolute Gasteiger partial charge is 0.393 e. The third-order valence-corrected chi connectivity index (χ3v) is 5.03. The first-order chi connectivity index (χ1) is 11.5. The third kappa shape index (κ3) is 4.31. The molecule has 0 spiro atoms. The molecule has 1 aromatic rings. The predicted octanol–water partition coefficient (Wildman–Crippen LogP) is 1.96. The number of halogens is 1. The van der Waals surface area contributed by atoms with Crippen LogP contribution in [0.3, 0.4) is 0 Å². The first-order valence-corrected chi connectivity index (χ1v) is 9.02. The Hall–Kier alpha value is -1.06. The van der Waals surface area contributed by atoms with E-state index < -0.39 is 18.3 Å². The number of anilines is 2. The summed E-state index contributed by atoms with van der Waals surface area (Å²) in [5.74, 6) is 1.33. The molecule has 7 nitrogen and oxygen atoms in total. The van der Waals surface area contributed by atoms with Crippen molar-refractivity contribution in [1.82, 2.24) is 9.97 Å². The molecule has 4 N–H and O–H groups in total. The fourth-order valence-electron chi connectivity index (χ4n) is 2.48. The minimum absolute atomic E-state index is 0.211. The van der Waals surface area contributed by atoms with Gasteiger partial charge in [-0.3, -0.25) is 0 Å². The van der Waals surface area contributed by atoms with E-state index in [4.69, 9.17) is 26.8 Å². The summed E-state index contributed by atoms with van der Waals surface area (Å²) in [5.41, 5.74) is 6.28. The quantitative estimate of drug-likeness (QED) is 0.288. The van der Waals surface area contributed by atoms with E-state index >= 15 is 0 Å². The summed E-state index contributed by atoms with van der Waals surface area (Å²) in [6, 6.07) is -0.277. The topological polar surface area (TPSA) is 103 Å². The maximum Gasteiger partial charge on any atom is 0.191 e. The van der Waals surface area contributed by atoms with Crippen LogP contribution < -0.4 is 11.1 Å². The van der Waals surface area contributed by atoms with Gasteiger partial charge in [-0.05, 0) is 6.42 Å². The molecule has 0 saturated heterocycles. The van der Waals surface area contributed by atoms with E-state index in [9.17, 15) is 5.11 Å². The smallest absolute Gasteiger partial charge is 0.191 e. The monoisotopic (exact) mass is 374 g/mol. The van der Waals surface area contributed by atoms with Crippen LogP contribution in [0.1, 0.15) is 13.3 Å². The summed E-state index contributed by atoms with van der Waals surface area (Å²) < 4.78 is 10.8. The molecule has 1 aliphatic carbocycles. The fourth-order valence-corrected chi connectivity index (χ4v) is 3.40. The number of nitrogens with one attached hydrogen (secondary N) is 1. The number of ether oxygens (including phenoxy) is 2. The Morgan fingerprint density at radius 2 is 2.00 bits per heavy atom. The van der Waals surface area contributed by atoms with Gasteiger partial charge in [0.15, 0.2) is 16.1 Å². The van der Waals surface area contributed by atoms with Crippen LogP contribution in [0.5, 0.6) is 0 Å². The molecular formula is C15H23ClN4O3S. The Balaban J connectivity index is 2.25. The lowest BCUT2D eigenvalue weighted by molar-refractivity contribution is -0.0880. The summed E-state index contributed by atoms with van der Waals surface area (Å²) in [4.78, 5) is 8.63. The molecule has 0 unspecified atom stereocenters. The van der Waals surface area contributed by atoms with Crippen molar-refractivity contribution in [2.24, 2.45) is 0 Å². The zero-order valence-electron chi connectivity index (χ0n) is 13.9. The number of methoxy groups -OCH3 is 2. The average Bonchev–Trinajstić information content (AvgIpc) is 2.58. The van der Waals surface area contributed by atoms with Gasteiger partial charge >= 0.3 is 0 Å². The molecule has 9 heteroatoms. The van der Waals surface area contributed by atoms with Crippen LogP contribution in [0.15, 0.2) is 17.3 Å². The van der Waals surface area contributed by atoms with Gasteiger partial charge in [0.1, 0.15) is 24.0 Å². The van der Waals surface area contributed by atoms with E-state index in [0.717, 1.165) is 12.2 Å². The van der Waals surface area contributed by atoms with Crippen molar-refractivity contribution < 1.29 is 14.6 Å². The SMILES string of the molecule is CCCSc1nc(Cl)c(N)c(N[C@@H]2C=C[C@H](O)[C@@H](OC)[C@H]2OC)n1. The zero-order chi connectivity index (χ0) is 17.7. The van der Waals surface area contributed by atoms with Crippen molar-refractivity contribution in [2.45, 2.75) is 42.9 Å². The molecule has 4 atom stereocenters. The standard InChI is InChI=1S/C15H23ClN4O3S/c1-4-7-24-15-19-13(16)10(17)14(20-15)18-8-5-6-9(21)12(23-3)11(8)22-2/h5-6,8-9,11-12,21H,4,7,17H2,1-3H3,(H,18,19,20)/t8-,9+,11+,12-/m1/s1. The molecule has 1 heterocycles. The molecule has 0 aromatic carbocycles. The minimum atomic E-state index is -0.736. The molecule has 1 aliphatic rings. The Bertz CT molecular complexity index is 590. The van der Waals surface area contributed by atoms with Gasteiger partial charge in [-0.15, -0.1) is 0 Å². The van der Waals surface area contributed by atoms with E-state index in [0.29, 0.717) is 11.0 Å². The molecule has 0 radical (unpaired) electrons. The van der Waals surface area contributed by atoms with Crippen LogP contribution in [-0.4, -0.2) is 59.4 Å². The Morgan fingerprint density at radius 3 is 2.62 bits per heavy atom. The highest BCUT2D eigenvalue weighted by Gasteiger charge is 2.36. The number of nitrogen functional groups attached to an aromatic ring is 1. The van der Waals surface area contributed by atoms with Gasteiger partial charge in [-0.25, -0.2) is 9.97 Å². The van der Waals surface area contributed by atoms with Crippen molar-refractivity contribution >= 4 is 34.9 Å². The maximum absolute atomic E-state index is 10.00. The number of nitrogens with two attached hydrogens (primary N) is 1. The molecule has 2 rings (SSSR count). The summed E-state index contributed by atoms with van der Waals surface area (Å²) in [6.07, 6.45) is 2.83. The van der Waals surface area contributed by atoms with Crippen LogP contribution in [0.2, 0.25) is 5.15 Å². The maximum atomic E-state index is 10.00. The van der Waals surface area contributed by atoms with Crippen molar-refractivity contribution in [3.63, 3.8) is 0 Å². The van der Waals surface area contributed by atoms with Crippen LogP contribution in [-0.2, 0) is 9.47 Å². The number of thioether (sulfide) groups is 1. The van der Waals surface area contributed by atoms with E-state index in [2.05, 4.69) is 22.2 Å². The van der Waals surface area contributed by atoms with Crippen LogP contribution in [0.4, 0.5) is 11.5 Å². The van der Waals surface area contributed by atoms with E-state index in [1.807, 2.05) is 6.08 Å². The van der Waals surface area contributed by atoms with Crippen molar-refractivity contribution in [3.8, 4) is 0 Å². The fraction of sp³-hybridized carbons (Fsp3) is 0.600. The zero-order valence-corrected chi connectivity index (χ0v) is 15.5. The molecule has 0 aliphatic heterocycles. The summed E-state index contributed by atoms with van der Waals surface area (Å²) in [6.45, 7) is 2.08. The van der Waals surface area contributed by atoms with Gasteiger partial charge in [0.2, 0.25) is 0 Å². The summed E-state index contributed by atoms with van der Waals surface area (Å²) >= 11 is 7.64. The molecule has 24 heavy (non-hydrogen) atoms. The van der Waals surface area contributed by atoms with Gasteiger partial charge in [0, 0.05) is 20.0 Å². The molecule has 134 valence electrons. The summed E-state index contributed by atoms with van der Waals surface area (Å²) in [7, 11) is 3.10. The number of aliphatic hydroxyl groups excluding tert-OH is 1. The molecule has 1 aromatic heterocycles. The predicted molar refractivity (Wildman–Crippen MR) is 96.6 cm³/mol. The number of nitrogens with zero attached hydrogens (tertiary/aromatic N) is 2. The van der Waals surface area contributed by atoms with Gasteiger partial charge in [-0.1, -0.05) is 42.4 Å². The lowest BCUT2D eigenvalue weighted by Crippen LogP contribution is -2.51. The Labute approximate surface area is 151 Å². The molecule has 0 bridgehead atoms. The van der Waals surface area contributed by atoms with Crippen LogP contribution in [0.25, 0.3) is 0 Å². The second kappa shape index (κ2) is 8.87. The lowest BCUT2D eigenvalue weighted by atomic mass is 9.93. The number of aromatic nitrogens is 2. The Kier molecular flexibility index (Phi) is 7.12. The minimum Gasteiger partial charge on any atom is -0.393 e. The highest BCUT2D eigenvalue weighted by Crippen LogP contribution is 2.30. The molecule has 0 amide bonds. The number of rotatable bonds is 7. The number of aliphatic hydroxyl groups is 1. The number of hydrogen-bond acceptors (Lipinski definition) is 8. The van der Waals surface area contributed by atoms with Crippen LogP contribution in [0, 0.1) is 0 Å². The van der Waals surface area contributed by atoms with Crippen molar-refractivity contribution in [3.05, 3.63) is 17.3 Å². The van der Waals surface area contributed by atoms with Crippen molar-refractivity contribution in [2.75, 3.05) is 31.0 Å².